The molecule has 76 heavy (non-hydrogen) atoms. The molecule has 9 heterocycles. The van der Waals surface area contributed by atoms with Crippen molar-refractivity contribution in [1.82, 2.24) is 19.9 Å². The second-order valence-electron chi connectivity index (χ2n) is 20.4. The van der Waals surface area contributed by atoms with Crippen LogP contribution in [0, 0.1) is 0 Å². The number of aromatic nitrogens is 8. The minimum atomic E-state index is 0.907. The third kappa shape index (κ3) is 13.5. The van der Waals surface area contributed by atoms with Crippen LogP contribution in [0.25, 0.3) is 90.9 Å². The highest BCUT2D eigenvalue weighted by Gasteiger charge is 2.22. The molecule has 8 heteroatoms. The zero-order valence-corrected chi connectivity index (χ0v) is 44.8. The van der Waals surface area contributed by atoms with E-state index in [0.717, 1.165) is 218 Å². The summed E-state index contributed by atoms with van der Waals surface area (Å²) in [7, 11) is 0. The molecule has 0 saturated heterocycles. The summed E-state index contributed by atoms with van der Waals surface area (Å²) in [6.07, 6.45) is 52.7. The number of hydrogen-bond donors (Lipinski definition) is 2. The fraction of sp³-hybridized carbons (Fsp3) is 0.294. The van der Waals surface area contributed by atoms with Crippen molar-refractivity contribution in [3.63, 3.8) is 0 Å². The van der Waals surface area contributed by atoms with Gasteiger partial charge in [0.15, 0.2) is 49.6 Å². The number of rotatable bonds is 28. The van der Waals surface area contributed by atoms with Crippen LogP contribution in [0.5, 0.6) is 0 Å². The van der Waals surface area contributed by atoms with E-state index in [-0.39, 0.29) is 0 Å². The average molecular weight is 1010 g/mol. The number of aryl methyl sites for hydroxylation is 4. The molecule has 0 aromatic carbocycles. The second kappa shape index (κ2) is 27.1. The van der Waals surface area contributed by atoms with Crippen molar-refractivity contribution in [2.75, 3.05) is 0 Å². The lowest BCUT2D eigenvalue weighted by Gasteiger charge is -2.07. The van der Waals surface area contributed by atoms with Crippen molar-refractivity contribution in [2.24, 2.45) is 0 Å². The van der Waals surface area contributed by atoms with E-state index in [1.165, 1.54) is 0 Å². The van der Waals surface area contributed by atoms with Gasteiger partial charge in [0, 0.05) is 117 Å². The highest BCUT2D eigenvalue weighted by Crippen LogP contribution is 2.38. The lowest BCUT2D eigenvalue weighted by molar-refractivity contribution is -0.697. The number of nitrogens with zero attached hydrogens (tertiary/aromatic N) is 6. The molecule has 8 bridgehead atoms. The van der Waals surface area contributed by atoms with Gasteiger partial charge in [0.05, 0.1) is 22.8 Å². The number of fused-ring (bicyclic) bond motifs is 8. The molecule has 2 N–H and O–H groups in total. The van der Waals surface area contributed by atoms with Gasteiger partial charge in [-0.3, -0.25) is 0 Å². The Balaban J connectivity index is 1.29. The predicted octanol–water partition coefficient (Wildman–Crippen LogP) is 15.5. The van der Waals surface area contributed by atoms with Crippen LogP contribution in [0.2, 0.25) is 0 Å². The molecule has 0 aliphatic carbocycles. The average Bonchev–Trinajstić information content (AvgIpc) is 4.31. The van der Waals surface area contributed by atoms with E-state index in [0.29, 0.717) is 0 Å². The molecule has 7 aromatic heterocycles. The van der Waals surface area contributed by atoms with Crippen LogP contribution in [0.4, 0.5) is 0 Å². The van der Waals surface area contributed by atoms with Crippen LogP contribution in [0.1, 0.15) is 126 Å². The largest absolute Gasteiger partial charge is 0.354 e. The molecule has 0 fully saturated rings. The monoisotopic (exact) mass is 1010 g/mol. The molecule has 0 atom stereocenters. The van der Waals surface area contributed by atoms with Crippen LogP contribution >= 0.6 is 0 Å². The van der Waals surface area contributed by atoms with Gasteiger partial charge >= 0.3 is 0 Å². The molecule has 0 saturated carbocycles. The summed E-state index contributed by atoms with van der Waals surface area (Å²) in [5.41, 5.74) is 16.2. The molecule has 0 spiro atoms. The van der Waals surface area contributed by atoms with Gasteiger partial charge in [-0.05, 0) is 150 Å². The van der Waals surface area contributed by atoms with Crippen LogP contribution < -0.4 is 18.3 Å². The topological polar surface area (TPSA) is 72.9 Å². The van der Waals surface area contributed by atoms with Crippen molar-refractivity contribution in [3.05, 3.63) is 196 Å². The Morgan fingerprint density at radius 3 is 0.816 bits per heavy atom. The second-order valence-corrected chi connectivity index (χ2v) is 20.4. The Labute approximate surface area is 451 Å². The molecule has 386 valence electrons. The number of aromatic amines is 2. The standard InChI is InChI=1S/C68H78N8/c1-5-9-13-17-21-41-73-45-25-29-53(49-73)65-57-33-35-59(69-57)66(54-30-26-46-74(50-54)42-22-18-14-10-6-2)61-37-39-63(71-61)68(56-32-28-48-76(52-56)44-24-20-16-12-8-4)64-40-38-62(72-64)67(60-36-34-58(65)70-60)55-31-27-47-75(51-55)43-23-19-15-11-7-3/h5-8,25-40,45-52,69,72H,1-4,9-24,41-44H2/q+4. The first-order chi connectivity index (χ1) is 37.5. The van der Waals surface area contributed by atoms with E-state index in [2.05, 4.69) is 201 Å². The molecule has 2 aliphatic rings. The van der Waals surface area contributed by atoms with Crippen molar-refractivity contribution in [1.29, 1.82) is 0 Å². The molecule has 0 amide bonds. The number of allylic oxidation sites excluding steroid dienone is 4. The Morgan fingerprint density at radius 2 is 0.579 bits per heavy atom. The fourth-order valence-corrected chi connectivity index (χ4v) is 10.7. The summed E-state index contributed by atoms with van der Waals surface area (Å²) in [5, 5.41) is 0. The molecule has 2 aliphatic heterocycles. The molecule has 7 aromatic rings. The number of pyridine rings is 4. The maximum Gasteiger partial charge on any atom is 0.176 e. The summed E-state index contributed by atoms with van der Waals surface area (Å²) >= 11 is 0. The van der Waals surface area contributed by atoms with Gasteiger partial charge < -0.3 is 9.97 Å². The van der Waals surface area contributed by atoms with E-state index in [1.807, 2.05) is 24.3 Å². The van der Waals surface area contributed by atoms with Gasteiger partial charge in [-0.2, -0.15) is 0 Å². The predicted molar refractivity (Wildman–Crippen MR) is 316 cm³/mol. The van der Waals surface area contributed by atoms with Crippen LogP contribution in [0.15, 0.2) is 173 Å². The van der Waals surface area contributed by atoms with Gasteiger partial charge in [-0.15, -0.1) is 26.3 Å². The summed E-state index contributed by atoms with van der Waals surface area (Å²) in [4.78, 5) is 19.3. The van der Waals surface area contributed by atoms with E-state index in [9.17, 15) is 0 Å². The summed E-state index contributed by atoms with van der Waals surface area (Å²) < 4.78 is 9.34. The Kier molecular flexibility index (Phi) is 18.9. The van der Waals surface area contributed by atoms with Crippen molar-refractivity contribution in [2.45, 2.75) is 129 Å². The first-order valence-electron chi connectivity index (χ1n) is 28.1. The smallest absolute Gasteiger partial charge is 0.176 e. The van der Waals surface area contributed by atoms with Crippen molar-refractivity contribution >= 4 is 46.4 Å². The number of nitrogens with one attached hydrogen (secondary N) is 2. The van der Waals surface area contributed by atoms with Crippen molar-refractivity contribution < 1.29 is 18.3 Å². The summed E-state index contributed by atoms with van der Waals surface area (Å²) in [6, 6.07) is 26.6. The molecule has 0 radical (unpaired) electrons. The summed E-state index contributed by atoms with van der Waals surface area (Å²) in [5.74, 6) is 0. The fourth-order valence-electron chi connectivity index (χ4n) is 10.7. The van der Waals surface area contributed by atoms with E-state index >= 15 is 0 Å². The third-order valence-corrected chi connectivity index (χ3v) is 14.6. The Morgan fingerprint density at radius 1 is 0.329 bits per heavy atom. The Bertz CT molecular complexity index is 2950. The zero-order valence-electron chi connectivity index (χ0n) is 44.8. The van der Waals surface area contributed by atoms with E-state index < -0.39 is 0 Å². The maximum atomic E-state index is 5.66. The lowest BCUT2D eigenvalue weighted by atomic mass is 10.1. The molecule has 9 rings (SSSR count). The number of unbranched alkanes of at least 4 members (excludes halogenated alkanes) is 12. The first-order valence-corrected chi connectivity index (χ1v) is 28.1. The number of H-pyrrole nitrogens is 2. The normalized spacial score (nSPS) is 11.8. The molecular weight excluding hydrogens is 929 g/mol. The highest BCUT2D eigenvalue weighted by molar-refractivity contribution is 5.99. The summed E-state index contributed by atoms with van der Waals surface area (Å²) in [6.45, 7) is 19.5. The minimum absolute atomic E-state index is 0.907. The van der Waals surface area contributed by atoms with Crippen LogP contribution in [-0.4, -0.2) is 19.9 Å². The third-order valence-electron chi connectivity index (χ3n) is 14.6. The first kappa shape index (κ1) is 53.0. The number of hydrogen-bond acceptors (Lipinski definition) is 2. The zero-order chi connectivity index (χ0) is 52.3. The molecule has 8 nitrogen and oxygen atoms in total. The van der Waals surface area contributed by atoms with E-state index in [4.69, 9.17) is 9.97 Å². The SMILES string of the molecule is C=CCCCCC[n+]1cccc(-c2c3nc(c(-c4ccc[n+](CCCCCC=C)c4)c4ccc([nH]4)c(-c4ccc[n+](CCCCCC=C)c4)c4nc(c(-c5ccc[n+](CCCCCC=C)c5)c5ccc2[nH]5)C=C4)C=C3)c1. The molecule has 0 unspecified atom stereocenters. The van der Waals surface area contributed by atoms with E-state index in [1.54, 1.807) is 0 Å². The van der Waals surface area contributed by atoms with Gasteiger partial charge in [0.1, 0.15) is 26.2 Å². The van der Waals surface area contributed by atoms with Crippen LogP contribution in [0.3, 0.4) is 0 Å². The van der Waals surface area contributed by atoms with Gasteiger partial charge in [0.25, 0.3) is 0 Å². The lowest BCUT2D eigenvalue weighted by Crippen LogP contribution is -2.32. The van der Waals surface area contributed by atoms with Gasteiger partial charge in [0.2, 0.25) is 0 Å². The minimum Gasteiger partial charge on any atom is -0.354 e. The van der Waals surface area contributed by atoms with Crippen molar-refractivity contribution in [3.8, 4) is 44.5 Å². The highest BCUT2D eigenvalue weighted by atomic mass is 14.9. The molecular formula is C68H78N8+4. The van der Waals surface area contributed by atoms with Crippen LogP contribution in [-0.2, 0) is 26.2 Å². The van der Waals surface area contributed by atoms with Gasteiger partial charge in [-0.1, -0.05) is 24.3 Å². The maximum absolute atomic E-state index is 5.66. The Hall–Kier alpha value is -7.84. The quantitative estimate of drug-likeness (QED) is 0.0291. The van der Waals surface area contributed by atoms with Gasteiger partial charge in [-0.25, -0.2) is 28.2 Å².